The van der Waals surface area contributed by atoms with Crippen molar-refractivity contribution in [1.29, 1.82) is 0 Å². The third kappa shape index (κ3) is 2.83. The number of nitrogens with one attached hydrogen (secondary N) is 1. The van der Waals surface area contributed by atoms with Crippen molar-refractivity contribution in [2.75, 3.05) is 6.54 Å². The maximum atomic E-state index is 10.6. The second kappa shape index (κ2) is 5.12. The lowest BCUT2D eigenvalue weighted by Gasteiger charge is -2.10. The normalized spacial score (nSPS) is 15.0. The van der Waals surface area contributed by atoms with Crippen LogP contribution in [0.1, 0.15) is 24.0 Å². The van der Waals surface area contributed by atoms with Crippen molar-refractivity contribution >= 4 is 5.91 Å². The van der Waals surface area contributed by atoms with Crippen LogP contribution in [0, 0.1) is 0 Å². The van der Waals surface area contributed by atoms with Crippen LogP contribution in [0.5, 0.6) is 0 Å². The van der Waals surface area contributed by atoms with Crippen LogP contribution in [0.25, 0.3) is 0 Å². The molecule has 86 valence electrons. The monoisotopic (exact) mass is 218 g/mol. The van der Waals surface area contributed by atoms with Gasteiger partial charge in [0, 0.05) is 12.5 Å². The van der Waals surface area contributed by atoms with Gasteiger partial charge in [-0.05, 0) is 36.9 Å². The maximum absolute atomic E-state index is 10.6. The zero-order valence-electron chi connectivity index (χ0n) is 9.41. The molecule has 0 aliphatic heterocycles. The summed E-state index contributed by atoms with van der Waals surface area (Å²) in [6.07, 6.45) is 3.52. The first kappa shape index (κ1) is 11.1. The third-order valence-corrected chi connectivity index (χ3v) is 3.08. The van der Waals surface area contributed by atoms with Gasteiger partial charge in [0.1, 0.15) is 0 Å². The van der Waals surface area contributed by atoms with Gasteiger partial charge in [0.25, 0.3) is 0 Å². The minimum absolute atomic E-state index is 0.212. The Hall–Kier alpha value is -1.35. The molecule has 0 saturated carbocycles. The van der Waals surface area contributed by atoms with Gasteiger partial charge in [0.05, 0.1) is 0 Å². The molecular weight excluding hydrogens is 200 g/mol. The Labute approximate surface area is 96.0 Å². The van der Waals surface area contributed by atoms with Gasteiger partial charge in [-0.15, -0.1) is 0 Å². The van der Waals surface area contributed by atoms with Crippen LogP contribution in [0.15, 0.2) is 24.3 Å². The van der Waals surface area contributed by atoms with E-state index in [-0.39, 0.29) is 5.91 Å². The molecule has 0 radical (unpaired) electrons. The van der Waals surface area contributed by atoms with Crippen molar-refractivity contribution < 1.29 is 4.79 Å². The van der Waals surface area contributed by atoms with Crippen LogP contribution >= 0.6 is 0 Å². The van der Waals surface area contributed by atoms with E-state index in [9.17, 15) is 4.79 Å². The molecule has 3 heteroatoms. The van der Waals surface area contributed by atoms with Crippen molar-refractivity contribution in [2.45, 2.75) is 31.7 Å². The third-order valence-electron chi connectivity index (χ3n) is 3.08. The first-order chi connectivity index (χ1) is 7.75. The molecule has 1 amide bonds. The molecule has 0 unspecified atom stereocenters. The van der Waals surface area contributed by atoms with Crippen LogP contribution in [-0.2, 0) is 17.6 Å². The lowest BCUT2D eigenvalue weighted by atomic mass is 10.1. The molecule has 16 heavy (non-hydrogen) atoms. The molecule has 0 saturated heterocycles. The van der Waals surface area contributed by atoms with Gasteiger partial charge in [-0.25, -0.2) is 0 Å². The molecule has 0 fully saturated rings. The lowest BCUT2D eigenvalue weighted by molar-refractivity contribution is -0.118. The highest BCUT2D eigenvalue weighted by Gasteiger charge is 2.19. The summed E-state index contributed by atoms with van der Waals surface area (Å²) in [5.74, 6) is -0.212. The van der Waals surface area contributed by atoms with E-state index >= 15 is 0 Å². The molecule has 3 nitrogen and oxygen atoms in total. The van der Waals surface area contributed by atoms with E-state index in [1.165, 1.54) is 11.1 Å². The molecule has 0 atom stereocenters. The fourth-order valence-electron chi connectivity index (χ4n) is 2.27. The highest BCUT2D eigenvalue weighted by atomic mass is 16.1. The number of benzene rings is 1. The minimum Gasteiger partial charge on any atom is -0.370 e. The smallest absolute Gasteiger partial charge is 0.217 e. The fourth-order valence-corrected chi connectivity index (χ4v) is 2.27. The Balaban J connectivity index is 1.73. The first-order valence-corrected chi connectivity index (χ1v) is 5.84. The average Bonchev–Trinajstić information content (AvgIpc) is 2.66. The van der Waals surface area contributed by atoms with Gasteiger partial charge in [-0.1, -0.05) is 24.3 Å². The van der Waals surface area contributed by atoms with E-state index < -0.39 is 0 Å². The molecule has 1 aromatic carbocycles. The largest absolute Gasteiger partial charge is 0.370 e. The molecule has 1 aliphatic rings. The summed E-state index contributed by atoms with van der Waals surface area (Å²) in [6.45, 7) is 0.877. The van der Waals surface area contributed by atoms with Crippen molar-refractivity contribution in [3.63, 3.8) is 0 Å². The molecule has 2 rings (SSSR count). The SMILES string of the molecule is NC(=O)CCCNC1Cc2ccccc2C1. The van der Waals surface area contributed by atoms with Crippen LogP contribution in [-0.4, -0.2) is 18.5 Å². The lowest BCUT2D eigenvalue weighted by Crippen LogP contribution is -2.30. The number of carbonyl (C=O) groups is 1. The Kier molecular flexibility index (Phi) is 3.57. The second-order valence-electron chi connectivity index (χ2n) is 4.40. The van der Waals surface area contributed by atoms with Crippen molar-refractivity contribution in [1.82, 2.24) is 5.32 Å². The summed E-state index contributed by atoms with van der Waals surface area (Å²) < 4.78 is 0. The van der Waals surface area contributed by atoms with Crippen LogP contribution in [0.3, 0.4) is 0 Å². The summed E-state index contributed by atoms with van der Waals surface area (Å²) in [7, 11) is 0. The topological polar surface area (TPSA) is 55.1 Å². The zero-order valence-corrected chi connectivity index (χ0v) is 9.41. The molecule has 0 heterocycles. The van der Waals surface area contributed by atoms with Crippen LogP contribution < -0.4 is 11.1 Å². The quantitative estimate of drug-likeness (QED) is 0.725. The Morgan fingerprint density at radius 2 is 1.94 bits per heavy atom. The Bertz CT molecular complexity index is 351. The number of fused-ring (bicyclic) bond motifs is 1. The average molecular weight is 218 g/mol. The summed E-state index contributed by atoms with van der Waals surface area (Å²) in [6, 6.07) is 9.11. The predicted octanol–water partition coefficient (Wildman–Crippen LogP) is 1.01. The number of primary amides is 1. The van der Waals surface area contributed by atoms with Crippen molar-refractivity contribution in [3.8, 4) is 0 Å². The standard InChI is InChI=1S/C13H18N2O/c14-13(16)6-3-7-15-12-8-10-4-1-2-5-11(10)9-12/h1-2,4-5,12,15H,3,6-9H2,(H2,14,16). The van der Waals surface area contributed by atoms with Crippen molar-refractivity contribution in [2.24, 2.45) is 5.73 Å². The molecule has 0 bridgehead atoms. The number of hydrogen-bond donors (Lipinski definition) is 2. The molecular formula is C13H18N2O. The highest BCUT2D eigenvalue weighted by Crippen LogP contribution is 2.21. The maximum Gasteiger partial charge on any atom is 0.217 e. The van der Waals surface area contributed by atoms with Gasteiger partial charge in [-0.3, -0.25) is 4.79 Å². The molecule has 1 aromatic rings. The number of carbonyl (C=O) groups excluding carboxylic acids is 1. The van der Waals surface area contributed by atoms with E-state index in [4.69, 9.17) is 5.73 Å². The van der Waals surface area contributed by atoms with Gasteiger partial charge in [-0.2, -0.15) is 0 Å². The highest BCUT2D eigenvalue weighted by molar-refractivity contribution is 5.73. The Morgan fingerprint density at radius 3 is 2.50 bits per heavy atom. The molecule has 1 aliphatic carbocycles. The van der Waals surface area contributed by atoms with E-state index in [1.54, 1.807) is 0 Å². The molecule has 0 spiro atoms. The number of nitrogens with two attached hydrogens (primary N) is 1. The van der Waals surface area contributed by atoms with E-state index in [0.717, 1.165) is 25.8 Å². The zero-order chi connectivity index (χ0) is 11.4. The van der Waals surface area contributed by atoms with E-state index in [0.29, 0.717) is 12.5 Å². The minimum atomic E-state index is -0.212. The van der Waals surface area contributed by atoms with Gasteiger partial charge in [0.15, 0.2) is 0 Å². The summed E-state index contributed by atoms with van der Waals surface area (Å²) >= 11 is 0. The van der Waals surface area contributed by atoms with E-state index in [1.807, 2.05) is 0 Å². The van der Waals surface area contributed by atoms with Gasteiger partial charge >= 0.3 is 0 Å². The summed E-state index contributed by atoms with van der Waals surface area (Å²) in [4.78, 5) is 10.6. The predicted molar refractivity (Wildman–Crippen MR) is 64.1 cm³/mol. The summed E-state index contributed by atoms with van der Waals surface area (Å²) in [5.41, 5.74) is 8.00. The van der Waals surface area contributed by atoms with Crippen LogP contribution in [0.2, 0.25) is 0 Å². The number of hydrogen-bond acceptors (Lipinski definition) is 2. The number of rotatable bonds is 5. The molecule has 0 aromatic heterocycles. The fraction of sp³-hybridized carbons (Fsp3) is 0.462. The van der Waals surface area contributed by atoms with Gasteiger partial charge < -0.3 is 11.1 Å². The van der Waals surface area contributed by atoms with Gasteiger partial charge in [0.2, 0.25) is 5.91 Å². The van der Waals surface area contributed by atoms with E-state index in [2.05, 4.69) is 29.6 Å². The molecule has 3 N–H and O–H groups in total. The summed E-state index contributed by atoms with van der Waals surface area (Å²) in [5, 5.41) is 3.48. The Morgan fingerprint density at radius 1 is 1.31 bits per heavy atom. The number of amides is 1. The van der Waals surface area contributed by atoms with Crippen LogP contribution in [0.4, 0.5) is 0 Å². The first-order valence-electron chi connectivity index (χ1n) is 5.84. The second-order valence-corrected chi connectivity index (χ2v) is 4.40. The van der Waals surface area contributed by atoms with Crippen molar-refractivity contribution in [3.05, 3.63) is 35.4 Å².